The number of rotatable bonds is 9. The SMILES string of the molecule is CCC(C)(Pc1ccccc1C=NC)c1cc(OC)ccc1OCOC. The average Bonchev–Trinajstić information content (AvgIpc) is 2.67. The second-order valence-electron chi connectivity index (χ2n) is 6.20. The number of hydrogen-bond acceptors (Lipinski definition) is 4. The lowest BCUT2D eigenvalue weighted by Crippen LogP contribution is -2.21. The molecule has 0 saturated carbocycles. The molecule has 2 atom stereocenters. The van der Waals surface area contributed by atoms with Gasteiger partial charge in [0.15, 0.2) is 6.79 Å². The first-order valence-electron chi connectivity index (χ1n) is 8.67. The van der Waals surface area contributed by atoms with Crippen LogP contribution in [0.2, 0.25) is 0 Å². The van der Waals surface area contributed by atoms with Crippen molar-refractivity contribution >= 4 is 20.1 Å². The molecular weight excluding hydrogens is 345 g/mol. The van der Waals surface area contributed by atoms with E-state index in [1.165, 1.54) is 5.30 Å². The highest BCUT2D eigenvalue weighted by atomic mass is 31.1. The van der Waals surface area contributed by atoms with Crippen molar-refractivity contribution in [2.24, 2.45) is 4.99 Å². The van der Waals surface area contributed by atoms with Gasteiger partial charge in [0.25, 0.3) is 0 Å². The molecule has 0 amide bonds. The Morgan fingerprint density at radius 1 is 1.15 bits per heavy atom. The predicted molar refractivity (Wildman–Crippen MR) is 111 cm³/mol. The van der Waals surface area contributed by atoms with Crippen molar-refractivity contribution < 1.29 is 14.2 Å². The monoisotopic (exact) mass is 373 g/mol. The fraction of sp³-hybridized carbons (Fsp3) is 0.381. The Kier molecular flexibility index (Phi) is 7.62. The molecule has 0 aliphatic carbocycles. The van der Waals surface area contributed by atoms with Crippen molar-refractivity contribution in [3.05, 3.63) is 53.6 Å². The topological polar surface area (TPSA) is 40.0 Å². The summed E-state index contributed by atoms with van der Waals surface area (Å²) in [4.78, 5) is 4.20. The van der Waals surface area contributed by atoms with Crippen LogP contribution in [0.25, 0.3) is 0 Å². The largest absolute Gasteiger partial charge is 0.497 e. The fourth-order valence-corrected chi connectivity index (χ4v) is 4.39. The quantitative estimate of drug-likeness (QED) is 0.373. The van der Waals surface area contributed by atoms with Crippen molar-refractivity contribution in [2.45, 2.75) is 25.4 Å². The molecule has 0 fully saturated rings. The number of nitrogens with zero attached hydrogens (tertiary/aromatic N) is 1. The van der Waals surface area contributed by atoms with Gasteiger partial charge in [0.2, 0.25) is 0 Å². The van der Waals surface area contributed by atoms with Crippen LogP contribution >= 0.6 is 8.58 Å². The van der Waals surface area contributed by atoms with Gasteiger partial charge >= 0.3 is 0 Å². The van der Waals surface area contributed by atoms with Crippen LogP contribution in [0.4, 0.5) is 0 Å². The molecule has 0 saturated heterocycles. The minimum Gasteiger partial charge on any atom is -0.497 e. The summed E-state index contributed by atoms with van der Waals surface area (Å²) >= 11 is 0. The maximum atomic E-state index is 5.85. The van der Waals surface area contributed by atoms with Crippen LogP contribution in [0.1, 0.15) is 31.4 Å². The van der Waals surface area contributed by atoms with E-state index in [0.29, 0.717) is 8.58 Å². The zero-order chi connectivity index (χ0) is 19.0. The van der Waals surface area contributed by atoms with E-state index < -0.39 is 0 Å². The van der Waals surface area contributed by atoms with Gasteiger partial charge in [-0.15, -0.1) is 0 Å². The number of hydrogen-bond donors (Lipinski definition) is 0. The minimum absolute atomic E-state index is 0.0880. The zero-order valence-electron chi connectivity index (χ0n) is 16.2. The van der Waals surface area contributed by atoms with Crippen LogP contribution in [0.15, 0.2) is 47.5 Å². The van der Waals surface area contributed by atoms with Crippen molar-refractivity contribution in [2.75, 3.05) is 28.1 Å². The molecule has 2 rings (SSSR count). The molecule has 2 aromatic rings. The molecule has 0 aliphatic heterocycles. The van der Waals surface area contributed by atoms with Gasteiger partial charge in [-0.3, -0.25) is 4.99 Å². The molecule has 140 valence electrons. The maximum Gasteiger partial charge on any atom is 0.188 e. The van der Waals surface area contributed by atoms with E-state index in [1.807, 2.05) is 24.4 Å². The summed E-state index contributed by atoms with van der Waals surface area (Å²) in [5.41, 5.74) is 2.30. The summed E-state index contributed by atoms with van der Waals surface area (Å²) < 4.78 is 16.4. The van der Waals surface area contributed by atoms with Crippen LogP contribution < -0.4 is 14.8 Å². The number of aliphatic imine (C=N–C) groups is 1. The molecule has 26 heavy (non-hydrogen) atoms. The summed E-state index contributed by atoms with van der Waals surface area (Å²) in [6.45, 7) is 4.71. The van der Waals surface area contributed by atoms with E-state index in [4.69, 9.17) is 14.2 Å². The molecule has 0 radical (unpaired) electrons. The molecule has 0 spiro atoms. The molecule has 0 N–H and O–H groups in total. The van der Waals surface area contributed by atoms with E-state index in [1.54, 1.807) is 21.3 Å². The van der Waals surface area contributed by atoms with Gasteiger partial charge in [0.1, 0.15) is 11.5 Å². The Morgan fingerprint density at radius 2 is 1.92 bits per heavy atom. The highest BCUT2D eigenvalue weighted by molar-refractivity contribution is 7.48. The Labute approximate surface area is 158 Å². The van der Waals surface area contributed by atoms with Gasteiger partial charge in [-0.1, -0.05) is 46.7 Å². The third kappa shape index (κ3) is 4.84. The van der Waals surface area contributed by atoms with Crippen molar-refractivity contribution in [1.82, 2.24) is 0 Å². The Morgan fingerprint density at radius 3 is 2.58 bits per heavy atom. The standard InChI is InChI=1S/C21H28NO3P/c1-6-21(2,26-20-10-8-7-9-16(20)14-22-3)18-13-17(24-5)11-12-19(18)25-15-23-4/h7-14,26H,6,15H2,1-5H3. The van der Waals surface area contributed by atoms with E-state index >= 15 is 0 Å². The second-order valence-corrected chi connectivity index (χ2v) is 8.09. The van der Waals surface area contributed by atoms with E-state index in [0.717, 1.165) is 29.0 Å². The van der Waals surface area contributed by atoms with Crippen molar-refractivity contribution in [3.8, 4) is 11.5 Å². The molecule has 0 aromatic heterocycles. The molecule has 2 aromatic carbocycles. The van der Waals surface area contributed by atoms with Crippen LogP contribution in [0.5, 0.6) is 11.5 Å². The highest BCUT2D eigenvalue weighted by Gasteiger charge is 2.30. The van der Waals surface area contributed by atoms with E-state index in [9.17, 15) is 0 Å². The lowest BCUT2D eigenvalue weighted by Gasteiger charge is -2.31. The normalized spacial score (nSPS) is 14.0. The summed E-state index contributed by atoms with van der Waals surface area (Å²) in [6, 6.07) is 14.4. The smallest absolute Gasteiger partial charge is 0.188 e. The van der Waals surface area contributed by atoms with Gasteiger partial charge in [-0.25, -0.2) is 0 Å². The zero-order valence-corrected chi connectivity index (χ0v) is 17.2. The van der Waals surface area contributed by atoms with Crippen molar-refractivity contribution in [1.29, 1.82) is 0 Å². The second kappa shape index (κ2) is 9.70. The average molecular weight is 373 g/mol. The maximum absolute atomic E-state index is 5.85. The molecule has 5 heteroatoms. The predicted octanol–water partition coefficient (Wildman–Crippen LogP) is 4.36. The third-order valence-corrected chi connectivity index (χ3v) is 6.36. The van der Waals surface area contributed by atoms with Gasteiger partial charge in [0, 0.05) is 31.1 Å². The Bertz CT molecular complexity index is 748. The van der Waals surface area contributed by atoms with Crippen LogP contribution in [-0.4, -0.2) is 34.3 Å². The van der Waals surface area contributed by atoms with Crippen LogP contribution in [0, 0.1) is 0 Å². The first-order valence-corrected chi connectivity index (χ1v) is 9.67. The fourth-order valence-electron chi connectivity index (χ4n) is 2.82. The number of methoxy groups -OCH3 is 2. The molecule has 0 bridgehead atoms. The highest BCUT2D eigenvalue weighted by Crippen LogP contribution is 2.48. The van der Waals surface area contributed by atoms with Crippen LogP contribution in [-0.2, 0) is 9.89 Å². The lowest BCUT2D eigenvalue weighted by molar-refractivity contribution is 0.0500. The summed E-state index contributed by atoms with van der Waals surface area (Å²) in [7, 11) is 5.69. The Balaban J connectivity index is 2.48. The minimum atomic E-state index is -0.0880. The molecule has 0 heterocycles. The first kappa shape index (κ1) is 20.4. The first-order chi connectivity index (χ1) is 12.6. The van der Waals surface area contributed by atoms with Gasteiger partial charge in [0.05, 0.1) is 7.11 Å². The molecule has 4 nitrogen and oxygen atoms in total. The van der Waals surface area contributed by atoms with E-state index in [-0.39, 0.29) is 11.9 Å². The van der Waals surface area contributed by atoms with Crippen molar-refractivity contribution in [3.63, 3.8) is 0 Å². The van der Waals surface area contributed by atoms with Gasteiger partial charge in [-0.05, 0) is 35.5 Å². The molecule has 2 unspecified atom stereocenters. The van der Waals surface area contributed by atoms with Crippen LogP contribution in [0.3, 0.4) is 0 Å². The van der Waals surface area contributed by atoms with E-state index in [2.05, 4.69) is 43.1 Å². The van der Waals surface area contributed by atoms with Gasteiger partial charge < -0.3 is 14.2 Å². The lowest BCUT2D eigenvalue weighted by atomic mass is 9.96. The summed E-state index contributed by atoms with van der Waals surface area (Å²) in [5, 5.41) is 1.21. The third-order valence-electron chi connectivity index (χ3n) is 4.46. The molecule has 0 aliphatic rings. The number of benzene rings is 2. The summed E-state index contributed by atoms with van der Waals surface area (Å²) in [5.74, 6) is 1.67. The molecular formula is C21H28NO3P. The Hall–Kier alpha value is -1.90. The van der Waals surface area contributed by atoms with Gasteiger partial charge in [-0.2, -0.15) is 0 Å². The number of ether oxygens (including phenoxy) is 3. The summed E-state index contributed by atoms with van der Waals surface area (Å²) in [6.07, 6.45) is 2.89.